The minimum atomic E-state index is -0.569. The summed E-state index contributed by atoms with van der Waals surface area (Å²) in [6.45, 7) is 4.85. The number of halogens is 1. The minimum absolute atomic E-state index is 0. The van der Waals surface area contributed by atoms with Gasteiger partial charge in [0.25, 0.3) is 0 Å². The molecule has 0 saturated carbocycles. The molecule has 2 rings (SSSR count). The highest BCUT2D eigenvalue weighted by Crippen LogP contribution is 2.27. The lowest BCUT2D eigenvalue weighted by Gasteiger charge is -2.29. The van der Waals surface area contributed by atoms with Gasteiger partial charge >= 0.3 is 0 Å². The number of para-hydroxylation sites is 1. The molecule has 5 nitrogen and oxygen atoms in total. The van der Waals surface area contributed by atoms with Gasteiger partial charge in [0.05, 0.1) is 5.41 Å². The first-order valence-corrected chi connectivity index (χ1v) is 7.95. The molecule has 0 aromatic heterocycles. The predicted molar refractivity (Wildman–Crippen MR) is 94.7 cm³/mol. The summed E-state index contributed by atoms with van der Waals surface area (Å²) in [6.07, 6.45) is 1.98. The van der Waals surface area contributed by atoms with Crippen LogP contribution in [-0.2, 0) is 9.59 Å². The Morgan fingerprint density at radius 2 is 1.91 bits per heavy atom. The van der Waals surface area contributed by atoms with Crippen LogP contribution in [-0.4, -0.2) is 30.9 Å². The third-order valence-corrected chi connectivity index (χ3v) is 4.80. The Morgan fingerprint density at radius 3 is 2.43 bits per heavy atom. The van der Waals surface area contributed by atoms with E-state index in [1.807, 2.05) is 44.2 Å². The average molecular weight is 340 g/mol. The fourth-order valence-electron chi connectivity index (χ4n) is 2.94. The first-order valence-electron chi connectivity index (χ1n) is 7.95. The second-order valence-corrected chi connectivity index (χ2v) is 5.83. The van der Waals surface area contributed by atoms with Crippen LogP contribution in [0, 0.1) is 5.41 Å². The second kappa shape index (κ2) is 8.31. The Kier molecular flexibility index (Phi) is 7.03. The van der Waals surface area contributed by atoms with Gasteiger partial charge in [0.2, 0.25) is 11.8 Å². The summed E-state index contributed by atoms with van der Waals surface area (Å²) >= 11 is 0. The van der Waals surface area contributed by atoms with Crippen LogP contribution < -0.4 is 16.0 Å². The van der Waals surface area contributed by atoms with Crippen molar-refractivity contribution in [2.75, 3.05) is 18.0 Å². The van der Waals surface area contributed by atoms with Crippen LogP contribution in [0.4, 0.5) is 5.69 Å². The molecule has 1 heterocycles. The van der Waals surface area contributed by atoms with E-state index >= 15 is 0 Å². The maximum atomic E-state index is 12.5. The molecule has 128 valence electrons. The molecule has 3 N–H and O–H groups in total. The molecule has 1 saturated heterocycles. The van der Waals surface area contributed by atoms with Gasteiger partial charge in [0.1, 0.15) is 6.04 Å². The van der Waals surface area contributed by atoms with E-state index in [2.05, 4.69) is 5.32 Å². The van der Waals surface area contributed by atoms with Crippen molar-refractivity contribution in [2.24, 2.45) is 11.1 Å². The average Bonchev–Trinajstić information content (AvgIpc) is 2.91. The van der Waals surface area contributed by atoms with Crippen LogP contribution in [0.25, 0.3) is 0 Å². The molecule has 1 aliphatic heterocycles. The van der Waals surface area contributed by atoms with Crippen LogP contribution in [0.1, 0.15) is 33.1 Å². The first kappa shape index (κ1) is 19.5. The van der Waals surface area contributed by atoms with E-state index in [4.69, 9.17) is 5.73 Å². The van der Waals surface area contributed by atoms with Crippen LogP contribution in [0.15, 0.2) is 30.3 Å². The fourth-order valence-corrected chi connectivity index (χ4v) is 2.94. The number of anilines is 1. The van der Waals surface area contributed by atoms with Crippen LogP contribution in [0.3, 0.4) is 0 Å². The third-order valence-electron chi connectivity index (χ3n) is 4.80. The normalized spacial score (nSPS) is 17.8. The van der Waals surface area contributed by atoms with E-state index in [9.17, 15) is 9.59 Å². The topological polar surface area (TPSA) is 75.4 Å². The van der Waals surface area contributed by atoms with E-state index in [0.717, 1.165) is 5.69 Å². The number of hydrogen-bond donors (Lipinski definition) is 2. The fraction of sp³-hybridized carbons (Fsp3) is 0.529. The zero-order chi connectivity index (χ0) is 16.2. The van der Waals surface area contributed by atoms with Crippen molar-refractivity contribution in [2.45, 2.75) is 39.2 Å². The largest absolute Gasteiger partial charge is 0.344 e. The molecular weight excluding hydrogens is 314 g/mol. The molecule has 2 amide bonds. The molecule has 1 atom stereocenters. The molecule has 1 aliphatic rings. The Hall–Kier alpha value is -1.59. The lowest BCUT2D eigenvalue weighted by Crippen LogP contribution is -2.51. The second-order valence-electron chi connectivity index (χ2n) is 5.83. The predicted octanol–water partition coefficient (Wildman–Crippen LogP) is 2.09. The Bertz CT molecular complexity index is 524. The molecule has 0 spiro atoms. The van der Waals surface area contributed by atoms with Crippen LogP contribution in [0.2, 0.25) is 0 Å². The van der Waals surface area contributed by atoms with E-state index in [0.29, 0.717) is 32.4 Å². The minimum Gasteiger partial charge on any atom is -0.344 e. The summed E-state index contributed by atoms with van der Waals surface area (Å²) in [4.78, 5) is 26.8. The van der Waals surface area contributed by atoms with Crippen molar-refractivity contribution in [1.29, 1.82) is 0 Å². The van der Waals surface area contributed by atoms with Gasteiger partial charge in [-0.05, 0) is 31.4 Å². The first-order chi connectivity index (χ1) is 10.6. The van der Waals surface area contributed by atoms with Crippen LogP contribution in [0.5, 0.6) is 0 Å². The smallest absolute Gasteiger partial charge is 0.249 e. The molecule has 6 heteroatoms. The van der Waals surface area contributed by atoms with E-state index in [1.165, 1.54) is 0 Å². The van der Waals surface area contributed by atoms with Gasteiger partial charge in [-0.2, -0.15) is 0 Å². The van der Waals surface area contributed by atoms with E-state index in [1.54, 1.807) is 4.90 Å². The maximum absolute atomic E-state index is 12.5. The number of hydrogen-bond acceptors (Lipinski definition) is 3. The highest BCUT2D eigenvalue weighted by atomic mass is 35.5. The van der Waals surface area contributed by atoms with Gasteiger partial charge in [-0.25, -0.2) is 0 Å². The number of nitrogens with zero attached hydrogens (tertiary/aromatic N) is 1. The standard InChI is InChI=1S/C17H25N3O2.ClH/c1-3-17(4-2,12-18)16(22)19-14-10-11-20(15(14)21)13-8-6-5-7-9-13;/h5-9,14H,3-4,10-12,18H2,1-2H3,(H,19,22);1H. The quantitative estimate of drug-likeness (QED) is 0.833. The number of nitrogens with two attached hydrogens (primary N) is 1. The number of benzene rings is 1. The molecule has 0 aliphatic carbocycles. The van der Waals surface area contributed by atoms with Crippen molar-refractivity contribution >= 4 is 29.9 Å². The van der Waals surface area contributed by atoms with Gasteiger partial charge in [-0.1, -0.05) is 32.0 Å². The van der Waals surface area contributed by atoms with Gasteiger partial charge in [-0.15, -0.1) is 12.4 Å². The van der Waals surface area contributed by atoms with E-state index < -0.39 is 11.5 Å². The Labute approximate surface area is 144 Å². The summed E-state index contributed by atoms with van der Waals surface area (Å²) in [5, 5.41) is 2.91. The summed E-state index contributed by atoms with van der Waals surface area (Å²) in [5.74, 6) is -0.147. The number of rotatable bonds is 6. The molecular formula is C17H26ClN3O2. The molecule has 0 radical (unpaired) electrons. The molecule has 1 aromatic rings. The number of amides is 2. The van der Waals surface area contributed by atoms with Crippen molar-refractivity contribution in [3.8, 4) is 0 Å². The van der Waals surface area contributed by atoms with Gasteiger partial charge in [0, 0.05) is 18.8 Å². The molecule has 1 fully saturated rings. The number of carbonyl (C=O) groups is 2. The van der Waals surface area contributed by atoms with Gasteiger partial charge in [-0.3, -0.25) is 9.59 Å². The van der Waals surface area contributed by atoms with Gasteiger partial charge < -0.3 is 16.0 Å². The summed E-state index contributed by atoms with van der Waals surface area (Å²) in [5.41, 5.74) is 6.11. The van der Waals surface area contributed by atoms with Crippen molar-refractivity contribution < 1.29 is 9.59 Å². The molecule has 1 unspecified atom stereocenters. The lowest BCUT2D eigenvalue weighted by molar-refractivity contribution is -0.134. The molecule has 1 aromatic carbocycles. The summed E-state index contributed by atoms with van der Waals surface area (Å²) in [7, 11) is 0. The van der Waals surface area contributed by atoms with E-state index in [-0.39, 0.29) is 24.2 Å². The zero-order valence-electron chi connectivity index (χ0n) is 13.7. The van der Waals surface area contributed by atoms with Crippen LogP contribution >= 0.6 is 12.4 Å². The highest BCUT2D eigenvalue weighted by molar-refractivity contribution is 6.01. The van der Waals surface area contributed by atoms with Gasteiger partial charge in [0.15, 0.2) is 0 Å². The van der Waals surface area contributed by atoms with Crippen molar-refractivity contribution in [3.05, 3.63) is 30.3 Å². The highest BCUT2D eigenvalue weighted by Gasteiger charge is 2.39. The Morgan fingerprint density at radius 1 is 1.30 bits per heavy atom. The number of nitrogens with one attached hydrogen (secondary N) is 1. The summed E-state index contributed by atoms with van der Waals surface area (Å²) < 4.78 is 0. The SMILES string of the molecule is CCC(CC)(CN)C(=O)NC1CCN(c2ccccc2)C1=O.Cl. The third kappa shape index (κ3) is 3.85. The molecule has 23 heavy (non-hydrogen) atoms. The summed E-state index contributed by atoms with van der Waals surface area (Å²) in [6, 6.07) is 9.09. The van der Waals surface area contributed by atoms with Crippen molar-refractivity contribution in [1.82, 2.24) is 5.32 Å². The molecule has 0 bridgehead atoms. The maximum Gasteiger partial charge on any atom is 0.249 e. The lowest BCUT2D eigenvalue weighted by atomic mass is 9.81. The monoisotopic (exact) mass is 339 g/mol. The number of carbonyl (C=O) groups excluding carboxylic acids is 2. The zero-order valence-corrected chi connectivity index (χ0v) is 14.6. The Balaban J connectivity index is 0.00000264. The van der Waals surface area contributed by atoms with Crippen molar-refractivity contribution in [3.63, 3.8) is 0 Å².